The number of amides is 1. The molecule has 0 saturated heterocycles. The van der Waals surface area contributed by atoms with Crippen LogP contribution in [0.2, 0.25) is 0 Å². The van der Waals surface area contributed by atoms with Gasteiger partial charge in [-0.1, -0.05) is 24.3 Å². The van der Waals surface area contributed by atoms with Crippen LogP contribution in [0.5, 0.6) is 0 Å². The fourth-order valence-electron chi connectivity index (χ4n) is 2.74. The van der Waals surface area contributed by atoms with E-state index >= 15 is 0 Å². The number of thiophene rings is 1. The topological polar surface area (TPSA) is 49.3 Å². The van der Waals surface area contributed by atoms with Gasteiger partial charge in [-0.05, 0) is 48.9 Å². The van der Waals surface area contributed by atoms with Crippen LogP contribution in [0.3, 0.4) is 0 Å². The lowest BCUT2D eigenvalue weighted by Gasteiger charge is -2.15. The first-order valence-corrected chi connectivity index (χ1v) is 8.13. The SMILES string of the molecule is CC(CCO)NC(=O)c1cc2c(s1)-c1ccccc1CC2. The molecule has 0 radical (unpaired) electrons. The van der Waals surface area contributed by atoms with E-state index in [0.717, 1.165) is 17.7 Å². The summed E-state index contributed by atoms with van der Waals surface area (Å²) in [4.78, 5) is 14.3. The average Bonchev–Trinajstić information content (AvgIpc) is 2.92. The lowest BCUT2D eigenvalue weighted by molar-refractivity contribution is 0.0938. The van der Waals surface area contributed by atoms with Crippen molar-refractivity contribution in [2.24, 2.45) is 0 Å². The average molecular weight is 301 g/mol. The predicted octanol–water partition coefficient (Wildman–Crippen LogP) is 3.01. The Morgan fingerprint density at radius 1 is 1.33 bits per heavy atom. The van der Waals surface area contributed by atoms with E-state index in [9.17, 15) is 4.79 Å². The van der Waals surface area contributed by atoms with Gasteiger partial charge in [0, 0.05) is 17.5 Å². The number of aliphatic hydroxyl groups excluding tert-OH is 1. The van der Waals surface area contributed by atoms with Crippen LogP contribution in [-0.2, 0) is 12.8 Å². The summed E-state index contributed by atoms with van der Waals surface area (Å²) < 4.78 is 0. The normalized spacial score (nSPS) is 14.2. The molecule has 21 heavy (non-hydrogen) atoms. The highest BCUT2D eigenvalue weighted by Gasteiger charge is 2.21. The minimum absolute atomic E-state index is 0.00563. The van der Waals surface area contributed by atoms with Crippen LogP contribution in [0.4, 0.5) is 0 Å². The van der Waals surface area contributed by atoms with Crippen molar-refractivity contribution in [3.8, 4) is 10.4 Å². The molecule has 1 heterocycles. The first kappa shape index (κ1) is 14.3. The Labute approximate surface area is 128 Å². The molecule has 3 nitrogen and oxygen atoms in total. The van der Waals surface area contributed by atoms with Crippen LogP contribution in [0, 0.1) is 0 Å². The fourth-order valence-corrected chi connectivity index (χ4v) is 3.92. The molecule has 1 aromatic carbocycles. The largest absolute Gasteiger partial charge is 0.396 e. The number of fused-ring (bicyclic) bond motifs is 3. The maximum Gasteiger partial charge on any atom is 0.261 e. The van der Waals surface area contributed by atoms with Crippen LogP contribution in [0.25, 0.3) is 10.4 Å². The first-order valence-electron chi connectivity index (χ1n) is 7.31. The molecule has 2 N–H and O–H groups in total. The number of aliphatic hydroxyl groups is 1. The van der Waals surface area contributed by atoms with Gasteiger partial charge in [0.2, 0.25) is 0 Å². The van der Waals surface area contributed by atoms with Crippen molar-refractivity contribution in [3.05, 3.63) is 46.3 Å². The standard InChI is InChI=1S/C17H19NO2S/c1-11(8-9-19)18-17(20)15-10-13-7-6-12-4-2-3-5-14(12)16(13)21-15/h2-5,10-11,19H,6-9H2,1H3,(H,18,20). The van der Waals surface area contributed by atoms with Crippen molar-refractivity contribution in [1.29, 1.82) is 0 Å². The van der Waals surface area contributed by atoms with E-state index in [1.165, 1.54) is 21.6 Å². The minimum Gasteiger partial charge on any atom is -0.396 e. The zero-order valence-electron chi connectivity index (χ0n) is 12.1. The molecule has 4 heteroatoms. The Morgan fingerprint density at radius 2 is 2.10 bits per heavy atom. The molecule has 1 unspecified atom stereocenters. The van der Waals surface area contributed by atoms with E-state index in [2.05, 4.69) is 29.6 Å². The van der Waals surface area contributed by atoms with Gasteiger partial charge < -0.3 is 10.4 Å². The third-order valence-electron chi connectivity index (χ3n) is 3.90. The van der Waals surface area contributed by atoms with Gasteiger partial charge in [0.25, 0.3) is 5.91 Å². The van der Waals surface area contributed by atoms with Crippen LogP contribution in [-0.4, -0.2) is 23.7 Å². The summed E-state index contributed by atoms with van der Waals surface area (Å²) in [5, 5.41) is 11.9. The molecule has 0 spiro atoms. The molecule has 1 aliphatic carbocycles. The molecule has 1 amide bonds. The fraction of sp³-hybridized carbons (Fsp3) is 0.353. The third kappa shape index (κ3) is 2.87. The molecular weight excluding hydrogens is 282 g/mol. The molecule has 3 rings (SSSR count). The van der Waals surface area contributed by atoms with Crippen molar-refractivity contribution >= 4 is 17.2 Å². The maximum absolute atomic E-state index is 12.3. The summed E-state index contributed by atoms with van der Waals surface area (Å²) in [6.45, 7) is 2.01. The van der Waals surface area contributed by atoms with Gasteiger partial charge in [-0.3, -0.25) is 4.79 Å². The van der Waals surface area contributed by atoms with E-state index in [4.69, 9.17) is 5.11 Å². The Kier molecular flexibility index (Phi) is 4.08. The highest BCUT2D eigenvalue weighted by atomic mass is 32.1. The van der Waals surface area contributed by atoms with Crippen LogP contribution in [0.15, 0.2) is 30.3 Å². The maximum atomic E-state index is 12.3. The highest BCUT2D eigenvalue weighted by molar-refractivity contribution is 7.17. The van der Waals surface area contributed by atoms with Gasteiger partial charge in [-0.25, -0.2) is 0 Å². The molecule has 1 aromatic heterocycles. The van der Waals surface area contributed by atoms with Crippen molar-refractivity contribution in [3.63, 3.8) is 0 Å². The number of carbonyl (C=O) groups excluding carboxylic acids is 1. The van der Waals surface area contributed by atoms with Crippen molar-refractivity contribution < 1.29 is 9.90 Å². The van der Waals surface area contributed by atoms with Gasteiger partial charge >= 0.3 is 0 Å². The first-order chi connectivity index (χ1) is 10.2. The summed E-state index contributed by atoms with van der Waals surface area (Å²) in [5.41, 5.74) is 3.91. The van der Waals surface area contributed by atoms with Gasteiger partial charge in [0.1, 0.15) is 0 Å². The molecule has 110 valence electrons. The number of hydrogen-bond donors (Lipinski definition) is 2. The number of aryl methyl sites for hydroxylation is 2. The van der Waals surface area contributed by atoms with Crippen molar-refractivity contribution in [2.45, 2.75) is 32.2 Å². The van der Waals surface area contributed by atoms with E-state index in [1.807, 2.05) is 13.0 Å². The Balaban J connectivity index is 1.85. The van der Waals surface area contributed by atoms with E-state index < -0.39 is 0 Å². The second kappa shape index (κ2) is 6.00. The Morgan fingerprint density at radius 3 is 2.90 bits per heavy atom. The van der Waals surface area contributed by atoms with Crippen LogP contribution >= 0.6 is 11.3 Å². The van der Waals surface area contributed by atoms with E-state index in [-0.39, 0.29) is 18.6 Å². The summed E-state index contributed by atoms with van der Waals surface area (Å²) in [6.07, 6.45) is 2.63. The lowest BCUT2D eigenvalue weighted by atomic mass is 9.91. The zero-order chi connectivity index (χ0) is 14.8. The molecule has 2 aromatic rings. The molecule has 1 aliphatic rings. The zero-order valence-corrected chi connectivity index (χ0v) is 12.9. The number of nitrogens with one attached hydrogen (secondary N) is 1. The molecule has 0 aliphatic heterocycles. The van der Waals surface area contributed by atoms with Gasteiger partial charge in [-0.2, -0.15) is 0 Å². The number of benzene rings is 1. The van der Waals surface area contributed by atoms with E-state index in [1.54, 1.807) is 11.3 Å². The smallest absolute Gasteiger partial charge is 0.261 e. The molecular formula is C17H19NO2S. The second-order valence-electron chi connectivity index (χ2n) is 5.51. The third-order valence-corrected chi connectivity index (χ3v) is 5.11. The van der Waals surface area contributed by atoms with Crippen LogP contribution < -0.4 is 5.32 Å². The number of carbonyl (C=O) groups is 1. The second-order valence-corrected chi connectivity index (χ2v) is 6.56. The Bertz CT molecular complexity index is 663. The summed E-state index contributed by atoms with van der Waals surface area (Å²) >= 11 is 1.57. The number of hydrogen-bond acceptors (Lipinski definition) is 3. The molecule has 0 fully saturated rings. The van der Waals surface area contributed by atoms with Gasteiger partial charge in [0.05, 0.1) is 4.88 Å². The summed E-state index contributed by atoms with van der Waals surface area (Å²) in [6, 6.07) is 10.4. The quantitative estimate of drug-likeness (QED) is 0.912. The molecule has 0 saturated carbocycles. The highest BCUT2D eigenvalue weighted by Crippen LogP contribution is 2.39. The van der Waals surface area contributed by atoms with Crippen molar-refractivity contribution in [1.82, 2.24) is 5.32 Å². The van der Waals surface area contributed by atoms with Crippen LogP contribution in [0.1, 0.15) is 34.1 Å². The molecule has 0 bridgehead atoms. The van der Waals surface area contributed by atoms with Crippen molar-refractivity contribution in [2.75, 3.05) is 6.61 Å². The number of rotatable bonds is 4. The minimum atomic E-state index is -0.0344. The summed E-state index contributed by atoms with van der Waals surface area (Å²) in [7, 11) is 0. The van der Waals surface area contributed by atoms with Gasteiger partial charge in [0.15, 0.2) is 0 Å². The summed E-state index contributed by atoms with van der Waals surface area (Å²) in [5.74, 6) is -0.0344. The van der Waals surface area contributed by atoms with E-state index in [0.29, 0.717) is 6.42 Å². The van der Waals surface area contributed by atoms with Gasteiger partial charge in [-0.15, -0.1) is 11.3 Å². The molecule has 1 atom stereocenters. The monoisotopic (exact) mass is 301 g/mol. The Hall–Kier alpha value is -1.65. The lowest BCUT2D eigenvalue weighted by Crippen LogP contribution is -2.32. The predicted molar refractivity (Wildman–Crippen MR) is 85.8 cm³/mol.